The summed E-state index contributed by atoms with van der Waals surface area (Å²) in [6.45, 7) is 1.54. The second kappa shape index (κ2) is 10.3. The van der Waals surface area contributed by atoms with Crippen molar-refractivity contribution in [1.29, 1.82) is 0 Å². The number of benzene rings is 2. The van der Waals surface area contributed by atoms with Gasteiger partial charge in [-0.25, -0.2) is 4.39 Å². The number of carbonyl (C=O) groups is 3. The quantitative estimate of drug-likeness (QED) is 0.568. The van der Waals surface area contributed by atoms with Gasteiger partial charge in [0.05, 0.1) is 12.5 Å². The van der Waals surface area contributed by atoms with E-state index in [1.165, 1.54) is 12.1 Å². The minimum atomic E-state index is -0.382. The van der Waals surface area contributed by atoms with Crippen molar-refractivity contribution >= 4 is 23.4 Å². The molecule has 2 aliphatic rings. The second-order valence-corrected chi connectivity index (χ2v) is 9.02. The second-order valence-electron chi connectivity index (χ2n) is 9.02. The first-order valence-corrected chi connectivity index (χ1v) is 12.0. The highest BCUT2D eigenvalue weighted by molar-refractivity contribution is 5.98. The van der Waals surface area contributed by atoms with Crippen LogP contribution in [0.5, 0.6) is 0 Å². The average Bonchev–Trinajstić information content (AvgIpc) is 3.57. The largest absolute Gasteiger partial charge is 0.343 e. The number of aromatic nitrogens is 2. The highest BCUT2D eigenvalue weighted by Crippen LogP contribution is 2.28. The lowest BCUT2D eigenvalue weighted by atomic mass is 9.98. The van der Waals surface area contributed by atoms with Gasteiger partial charge < -0.3 is 19.6 Å². The number of hydrogen-bond acceptors (Lipinski definition) is 6. The number of anilines is 1. The molecule has 0 radical (unpaired) electrons. The van der Waals surface area contributed by atoms with Crippen LogP contribution in [-0.4, -0.2) is 58.9 Å². The fraction of sp³-hybridized carbons (Fsp3) is 0.346. The zero-order valence-corrected chi connectivity index (χ0v) is 19.7. The molecule has 36 heavy (non-hydrogen) atoms. The lowest BCUT2D eigenvalue weighted by Gasteiger charge is -2.31. The Kier molecular flexibility index (Phi) is 6.75. The van der Waals surface area contributed by atoms with Gasteiger partial charge >= 0.3 is 0 Å². The van der Waals surface area contributed by atoms with Crippen LogP contribution in [-0.2, 0) is 9.59 Å². The molecule has 2 saturated heterocycles. The van der Waals surface area contributed by atoms with E-state index in [4.69, 9.17) is 4.52 Å². The molecule has 1 N–H and O–H groups in total. The predicted molar refractivity (Wildman–Crippen MR) is 129 cm³/mol. The Morgan fingerprint density at radius 2 is 1.94 bits per heavy atom. The number of piperidine rings is 1. The van der Waals surface area contributed by atoms with Gasteiger partial charge in [0, 0.05) is 42.9 Å². The molecule has 9 nitrogen and oxygen atoms in total. The van der Waals surface area contributed by atoms with Gasteiger partial charge in [-0.1, -0.05) is 17.3 Å². The Bertz CT molecular complexity index is 1280. The summed E-state index contributed by atoms with van der Waals surface area (Å²) >= 11 is 0. The molecule has 0 aliphatic carbocycles. The molecule has 186 valence electrons. The Labute approximate surface area is 207 Å². The molecule has 3 aromatic rings. The zero-order chi connectivity index (χ0) is 25.1. The summed E-state index contributed by atoms with van der Waals surface area (Å²) < 4.78 is 18.9. The third kappa shape index (κ3) is 5.12. The Morgan fingerprint density at radius 3 is 2.69 bits per heavy atom. The van der Waals surface area contributed by atoms with Crippen LogP contribution in [0.4, 0.5) is 10.1 Å². The van der Waals surface area contributed by atoms with E-state index in [-0.39, 0.29) is 36.0 Å². The Hall–Kier alpha value is -4.08. The summed E-state index contributed by atoms with van der Waals surface area (Å²) in [5.41, 5.74) is 1.72. The van der Waals surface area contributed by atoms with E-state index in [1.54, 1.807) is 46.2 Å². The van der Waals surface area contributed by atoms with Gasteiger partial charge in [-0.2, -0.15) is 4.98 Å². The fourth-order valence-corrected chi connectivity index (χ4v) is 4.63. The van der Waals surface area contributed by atoms with Crippen molar-refractivity contribution in [3.63, 3.8) is 0 Å². The van der Waals surface area contributed by atoms with Crippen LogP contribution >= 0.6 is 0 Å². The fourth-order valence-electron chi connectivity index (χ4n) is 4.63. The van der Waals surface area contributed by atoms with Crippen molar-refractivity contribution in [3.05, 3.63) is 65.8 Å². The first-order chi connectivity index (χ1) is 17.5. The van der Waals surface area contributed by atoms with Gasteiger partial charge in [0.15, 0.2) is 0 Å². The van der Waals surface area contributed by atoms with Crippen molar-refractivity contribution in [1.82, 2.24) is 20.4 Å². The molecule has 2 aliphatic heterocycles. The highest BCUT2D eigenvalue weighted by atomic mass is 19.1. The number of halogens is 1. The maximum atomic E-state index is 13.5. The molecule has 10 heteroatoms. The molecule has 3 heterocycles. The van der Waals surface area contributed by atoms with Gasteiger partial charge in [0.2, 0.25) is 23.5 Å². The molecular weight excluding hydrogens is 465 g/mol. The Morgan fingerprint density at radius 1 is 1.11 bits per heavy atom. The standard InChI is InChI=1S/C26H26FN5O4/c27-20-6-1-4-18(14-20)24-29-26(36-30-24)19-5-2-12-31(16-19)23(34)15-28-25(35)17-8-10-21(11-9-17)32-13-3-7-22(32)33/h1,4,6,8-11,14,19H,2-3,5,7,12-13,15-16H2,(H,28,35). The lowest BCUT2D eigenvalue weighted by molar-refractivity contribution is -0.131. The van der Waals surface area contributed by atoms with Crippen molar-refractivity contribution < 1.29 is 23.3 Å². The van der Waals surface area contributed by atoms with Crippen LogP contribution in [0.1, 0.15) is 47.8 Å². The molecule has 1 atom stereocenters. The molecule has 0 spiro atoms. The summed E-state index contributed by atoms with van der Waals surface area (Å²) in [7, 11) is 0. The highest BCUT2D eigenvalue weighted by Gasteiger charge is 2.29. The van der Waals surface area contributed by atoms with Crippen molar-refractivity contribution in [3.8, 4) is 11.4 Å². The first-order valence-electron chi connectivity index (χ1n) is 12.0. The van der Waals surface area contributed by atoms with Crippen molar-refractivity contribution in [2.75, 3.05) is 31.1 Å². The average molecular weight is 492 g/mol. The minimum Gasteiger partial charge on any atom is -0.343 e. The van der Waals surface area contributed by atoms with Gasteiger partial charge in [0.1, 0.15) is 5.82 Å². The summed E-state index contributed by atoms with van der Waals surface area (Å²) in [5, 5.41) is 6.65. The monoisotopic (exact) mass is 491 g/mol. The smallest absolute Gasteiger partial charge is 0.251 e. The van der Waals surface area contributed by atoms with E-state index in [9.17, 15) is 18.8 Å². The summed E-state index contributed by atoms with van der Waals surface area (Å²) in [6.07, 6.45) is 2.93. The van der Waals surface area contributed by atoms with Crippen LogP contribution in [0.2, 0.25) is 0 Å². The number of likely N-dealkylation sites (tertiary alicyclic amines) is 1. The Balaban J connectivity index is 1.15. The molecule has 3 amide bonds. The van der Waals surface area contributed by atoms with E-state index < -0.39 is 0 Å². The zero-order valence-electron chi connectivity index (χ0n) is 19.7. The predicted octanol–water partition coefficient (Wildman–Crippen LogP) is 3.14. The third-order valence-corrected chi connectivity index (χ3v) is 6.56. The lowest BCUT2D eigenvalue weighted by Crippen LogP contribution is -2.44. The summed E-state index contributed by atoms with van der Waals surface area (Å²) in [4.78, 5) is 45.1. The maximum absolute atomic E-state index is 13.5. The number of nitrogens with one attached hydrogen (secondary N) is 1. The minimum absolute atomic E-state index is 0.0864. The SMILES string of the molecule is O=C(NCC(=O)N1CCCC(c2nc(-c3cccc(F)c3)no2)C1)c1ccc(N2CCCC2=O)cc1. The van der Waals surface area contributed by atoms with Crippen LogP contribution in [0.15, 0.2) is 53.1 Å². The number of carbonyl (C=O) groups excluding carboxylic acids is 3. The van der Waals surface area contributed by atoms with E-state index in [0.29, 0.717) is 48.9 Å². The van der Waals surface area contributed by atoms with Crippen molar-refractivity contribution in [2.45, 2.75) is 31.6 Å². The molecule has 2 aromatic carbocycles. The van der Waals surface area contributed by atoms with Crippen molar-refractivity contribution in [2.24, 2.45) is 0 Å². The number of rotatable bonds is 6. The first kappa shape index (κ1) is 23.7. The number of nitrogens with zero attached hydrogens (tertiary/aromatic N) is 4. The van der Waals surface area contributed by atoms with Gasteiger partial charge in [0.25, 0.3) is 5.91 Å². The molecule has 0 bridgehead atoms. The van der Waals surface area contributed by atoms with Gasteiger partial charge in [-0.3, -0.25) is 14.4 Å². The van der Waals surface area contributed by atoms with Crippen LogP contribution in [0, 0.1) is 5.82 Å². The third-order valence-electron chi connectivity index (χ3n) is 6.56. The summed E-state index contributed by atoms with van der Waals surface area (Å²) in [5.74, 6) is -0.261. The van der Waals surface area contributed by atoms with E-state index in [1.807, 2.05) is 0 Å². The maximum Gasteiger partial charge on any atom is 0.251 e. The van der Waals surface area contributed by atoms with Gasteiger partial charge in [-0.15, -0.1) is 0 Å². The van der Waals surface area contributed by atoms with Crippen LogP contribution in [0.3, 0.4) is 0 Å². The topological polar surface area (TPSA) is 109 Å². The van der Waals surface area contributed by atoms with E-state index in [0.717, 1.165) is 24.9 Å². The molecule has 5 rings (SSSR count). The van der Waals surface area contributed by atoms with E-state index in [2.05, 4.69) is 15.5 Å². The van der Waals surface area contributed by atoms with E-state index >= 15 is 0 Å². The van der Waals surface area contributed by atoms with Crippen LogP contribution < -0.4 is 10.2 Å². The molecular formula is C26H26FN5O4. The normalized spacial score (nSPS) is 17.9. The molecule has 0 saturated carbocycles. The number of amides is 3. The van der Waals surface area contributed by atoms with Gasteiger partial charge in [-0.05, 0) is 55.7 Å². The van der Waals surface area contributed by atoms with Crippen LogP contribution in [0.25, 0.3) is 11.4 Å². The molecule has 2 fully saturated rings. The molecule has 1 aromatic heterocycles. The molecule has 1 unspecified atom stereocenters. The summed E-state index contributed by atoms with van der Waals surface area (Å²) in [6, 6.07) is 12.8. The number of hydrogen-bond donors (Lipinski definition) is 1.